The number of ether oxygens (including phenoxy) is 1. The number of amides is 1. The van der Waals surface area contributed by atoms with E-state index < -0.39 is 5.66 Å². The fourth-order valence-corrected chi connectivity index (χ4v) is 3.90. The van der Waals surface area contributed by atoms with Gasteiger partial charge in [-0.15, -0.1) is 0 Å². The second kappa shape index (κ2) is 5.82. The summed E-state index contributed by atoms with van der Waals surface area (Å²) < 4.78 is 7.41. The number of rotatable bonds is 0. The Balaban J connectivity index is 1.82. The van der Waals surface area contributed by atoms with Gasteiger partial charge in [-0.2, -0.15) is 0 Å². The minimum absolute atomic E-state index is 0.167. The van der Waals surface area contributed by atoms with Crippen molar-refractivity contribution >= 4 is 22.9 Å². The van der Waals surface area contributed by atoms with Crippen molar-refractivity contribution in [3.63, 3.8) is 0 Å². The van der Waals surface area contributed by atoms with Crippen molar-refractivity contribution in [1.82, 2.24) is 24.8 Å². The Labute approximate surface area is 160 Å². The molecule has 2 aliphatic heterocycles. The highest BCUT2D eigenvalue weighted by Gasteiger charge is 2.37. The fourth-order valence-electron chi connectivity index (χ4n) is 3.90. The van der Waals surface area contributed by atoms with Crippen LogP contribution in [-0.2, 0) is 0 Å². The summed E-state index contributed by atoms with van der Waals surface area (Å²) in [4.78, 5) is 39.1. The fraction of sp³-hybridized carbons (Fsp3) is 0.368. The van der Waals surface area contributed by atoms with Crippen LogP contribution in [0.5, 0.6) is 5.75 Å². The summed E-state index contributed by atoms with van der Waals surface area (Å²) in [6.07, 6.45) is 3.31. The van der Waals surface area contributed by atoms with Crippen molar-refractivity contribution < 1.29 is 9.53 Å². The first kappa shape index (κ1) is 16.8. The van der Waals surface area contributed by atoms with Gasteiger partial charge in [0, 0.05) is 18.8 Å². The number of anilines is 1. The Hall–Kier alpha value is -3.36. The predicted molar refractivity (Wildman–Crippen MR) is 103 cm³/mol. The van der Waals surface area contributed by atoms with Gasteiger partial charge in [-0.1, -0.05) is 0 Å². The Morgan fingerprint density at radius 3 is 2.89 bits per heavy atom. The van der Waals surface area contributed by atoms with Crippen LogP contribution >= 0.6 is 0 Å². The lowest BCUT2D eigenvalue weighted by molar-refractivity contribution is 0.0896. The molecule has 0 fully saturated rings. The largest absolute Gasteiger partial charge is 0.491 e. The quantitative estimate of drug-likeness (QED) is 0.613. The third kappa shape index (κ3) is 2.39. The maximum absolute atomic E-state index is 12.7. The van der Waals surface area contributed by atoms with Crippen molar-refractivity contribution in [3.05, 3.63) is 40.4 Å². The van der Waals surface area contributed by atoms with E-state index >= 15 is 0 Å². The van der Waals surface area contributed by atoms with Gasteiger partial charge in [0.15, 0.2) is 5.65 Å². The van der Waals surface area contributed by atoms with Gasteiger partial charge in [0.05, 0.1) is 12.2 Å². The highest BCUT2D eigenvalue weighted by Crippen LogP contribution is 2.32. The standard InChI is InChI=1S/C19H20N6O3/c1-19(2)23-17(26)11-5-6-13-21-16(11)24(19)9-3-4-10-28-12-7-8-20-15-14(12)25(13)18(27)22-15/h5-8H,3-4,9-10H2,1-2H3,(H,23,26)(H,20,22,27). The zero-order valence-electron chi connectivity index (χ0n) is 15.7. The van der Waals surface area contributed by atoms with Gasteiger partial charge in [0.1, 0.15) is 28.6 Å². The Bertz CT molecular complexity index is 1160. The molecule has 2 N–H and O–H groups in total. The van der Waals surface area contributed by atoms with E-state index in [0.29, 0.717) is 47.3 Å². The zero-order valence-corrected chi connectivity index (χ0v) is 15.7. The molecule has 5 heterocycles. The van der Waals surface area contributed by atoms with E-state index in [4.69, 9.17) is 9.72 Å². The second-order valence-electron chi connectivity index (χ2n) is 7.53. The van der Waals surface area contributed by atoms with Gasteiger partial charge in [-0.25, -0.2) is 19.3 Å². The second-order valence-corrected chi connectivity index (χ2v) is 7.53. The molecule has 9 nitrogen and oxygen atoms in total. The van der Waals surface area contributed by atoms with Crippen LogP contribution in [-0.4, -0.2) is 44.2 Å². The highest BCUT2D eigenvalue weighted by molar-refractivity contribution is 6.01. The number of carbonyl (C=O) groups excluding carboxylic acids is 1. The zero-order chi connectivity index (χ0) is 19.5. The minimum Gasteiger partial charge on any atom is -0.491 e. The normalized spacial score (nSPS) is 18.1. The average Bonchev–Trinajstić information content (AvgIpc) is 2.98. The number of hydrogen-bond acceptors (Lipinski definition) is 6. The number of aromatic nitrogens is 4. The number of hydrogen-bond donors (Lipinski definition) is 2. The Kier molecular flexibility index (Phi) is 3.49. The van der Waals surface area contributed by atoms with E-state index in [1.807, 2.05) is 13.8 Å². The third-order valence-electron chi connectivity index (χ3n) is 5.26. The SMILES string of the molecule is CC1(C)NC(=O)c2ccc3nc2N1CCCCOc1ccnc2[nH]c(=O)n-3c12. The van der Waals surface area contributed by atoms with Crippen molar-refractivity contribution in [3.8, 4) is 11.6 Å². The van der Waals surface area contributed by atoms with Crippen LogP contribution in [0.1, 0.15) is 37.0 Å². The van der Waals surface area contributed by atoms with Gasteiger partial charge in [0.2, 0.25) is 0 Å². The molecule has 144 valence electrons. The molecule has 5 rings (SSSR count). The van der Waals surface area contributed by atoms with Crippen LogP contribution in [0.3, 0.4) is 0 Å². The van der Waals surface area contributed by atoms with Crippen LogP contribution in [0.2, 0.25) is 0 Å². The first-order valence-electron chi connectivity index (χ1n) is 9.30. The summed E-state index contributed by atoms with van der Waals surface area (Å²) in [5, 5.41) is 3.03. The van der Waals surface area contributed by atoms with Crippen LogP contribution < -0.4 is 20.6 Å². The van der Waals surface area contributed by atoms with Crippen LogP contribution in [0.15, 0.2) is 29.2 Å². The number of pyridine rings is 2. The molecule has 0 atom stereocenters. The topological polar surface area (TPSA) is 105 Å². The number of H-pyrrole nitrogens is 1. The summed E-state index contributed by atoms with van der Waals surface area (Å²) in [6, 6.07) is 5.13. The summed E-state index contributed by atoms with van der Waals surface area (Å²) in [7, 11) is 0. The van der Waals surface area contributed by atoms with Crippen molar-refractivity contribution in [2.45, 2.75) is 32.4 Å². The number of aromatic amines is 1. The van der Waals surface area contributed by atoms with Gasteiger partial charge >= 0.3 is 5.69 Å². The molecular formula is C19H20N6O3. The Morgan fingerprint density at radius 2 is 2.04 bits per heavy atom. The lowest BCUT2D eigenvalue weighted by Crippen LogP contribution is -2.61. The molecule has 0 radical (unpaired) electrons. The molecule has 0 aromatic carbocycles. The van der Waals surface area contributed by atoms with E-state index in [-0.39, 0.29) is 11.6 Å². The molecule has 2 bridgehead atoms. The van der Waals surface area contributed by atoms with Gasteiger partial charge in [0.25, 0.3) is 5.91 Å². The molecule has 3 aromatic heterocycles. The van der Waals surface area contributed by atoms with E-state index in [0.717, 1.165) is 12.8 Å². The molecule has 0 unspecified atom stereocenters. The molecule has 0 spiro atoms. The molecule has 0 aliphatic carbocycles. The van der Waals surface area contributed by atoms with E-state index in [1.165, 1.54) is 4.57 Å². The predicted octanol–water partition coefficient (Wildman–Crippen LogP) is 1.57. The molecule has 9 heteroatoms. The summed E-state index contributed by atoms with van der Waals surface area (Å²) in [6.45, 7) is 5.13. The van der Waals surface area contributed by atoms with Crippen LogP contribution in [0, 0.1) is 0 Å². The molecule has 0 saturated heterocycles. The van der Waals surface area contributed by atoms with Crippen LogP contribution in [0.25, 0.3) is 17.0 Å². The first-order valence-corrected chi connectivity index (χ1v) is 9.30. The maximum atomic E-state index is 12.7. The lowest BCUT2D eigenvalue weighted by atomic mass is 10.0. The number of nitrogens with one attached hydrogen (secondary N) is 2. The van der Waals surface area contributed by atoms with E-state index in [9.17, 15) is 9.59 Å². The summed E-state index contributed by atoms with van der Waals surface area (Å²) >= 11 is 0. The Morgan fingerprint density at radius 1 is 1.18 bits per heavy atom. The molecular weight excluding hydrogens is 360 g/mol. The number of nitrogens with zero attached hydrogens (tertiary/aromatic N) is 4. The first-order chi connectivity index (χ1) is 13.5. The lowest BCUT2D eigenvalue weighted by Gasteiger charge is -2.44. The number of imidazole rings is 1. The summed E-state index contributed by atoms with van der Waals surface area (Å²) in [5.41, 5.74) is 0.552. The van der Waals surface area contributed by atoms with Gasteiger partial charge in [-0.05, 0) is 38.8 Å². The van der Waals surface area contributed by atoms with Gasteiger partial charge in [-0.3, -0.25) is 9.78 Å². The third-order valence-corrected chi connectivity index (χ3v) is 5.26. The smallest absolute Gasteiger partial charge is 0.333 e. The summed E-state index contributed by atoms with van der Waals surface area (Å²) in [5.74, 6) is 1.42. The molecule has 0 saturated carbocycles. The van der Waals surface area contributed by atoms with Gasteiger partial charge < -0.3 is 15.0 Å². The minimum atomic E-state index is -0.585. The van der Waals surface area contributed by atoms with Crippen molar-refractivity contribution in [2.24, 2.45) is 0 Å². The van der Waals surface area contributed by atoms with E-state index in [1.54, 1.807) is 24.4 Å². The van der Waals surface area contributed by atoms with Crippen molar-refractivity contribution in [2.75, 3.05) is 18.1 Å². The number of fused-ring (bicyclic) bond motifs is 2. The molecule has 3 aromatic rings. The monoisotopic (exact) mass is 380 g/mol. The highest BCUT2D eigenvalue weighted by atomic mass is 16.5. The molecule has 1 amide bonds. The van der Waals surface area contributed by atoms with Crippen LogP contribution in [0.4, 0.5) is 5.82 Å². The van der Waals surface area contributed by atoms with Crippen molar-refractivity contribution in [1.29, 1.82) is 0 Å². The number of carbonyl (C=O) groups is 1. The average molecular weight is 380 g/mol. The maximum Gasteiger partial charge on any atom is 0.333 e. The molecule has 2 aliphatic rings. The molecule has 28 heavy (non-hydrogen) atoms. The van der Waals surface area contributed by atoms with E-state index in [2.05, 4.69) is 20.2 Å².